The monoisotopic (exact) mass is 262 g/mol. The van der Waals surface area contributed by atoms with Crippen molar-refractivity contribution >= 4 is 5.97 Å². The zero-order valence-electron chi connectivity index (χ0n) is 9.45. The van der Waals surface area contributed by atoms with Crippen molar-refractivity contribution in [3.8, 4) is 0 Å². The van der Waals surface area contributed by atoms with Gasteiger partial charge < -0.3 is 4.74 Å². The van der Waals surface area contributed by atoms with Gasteiger partial charge in [0.25, 0.3) is 5.56 Å². The molecule has 0 amide bonds. The number of carbonyl (C=O) groups is 1. The predicted octanol–water partition coefficient (Wildman–Crippen LogP) is 0.460. The first-order valence-corrected chi connectivity index (χ1v) is 5.40. The number of hydrogen-bond acceptors (Lipinski definition) is 4. The molecular weight excluding hydrogens is 255 g/mol. The number of fused-ring (bicyclic) bond motifs is 1. The standard InChI is InChI=1S/C12H7FN2O4/c13-15-9(16)5-6-14(12(15)18)10-7-3-1-2-4-8(7)11(17)19-10/h1-6,10H/t10-/m0/s1. The number of hydrogen-bond donors (Lipinski definition) is 0. The van der Waals surface area contributed by atoms with Crippen LogP contribution in [0.1, 0.15) is 22.1 Å². The van der Waals surface area contributed by atoms with E-state index < -0.39 is 28.2 Å². The summed E-state index contributed by atoms with van der Waals surface area (Å²) in [7, 11) is 0. The molecule has 1 atom stereocenters. The summed E-state index contributed by atoms with van der Waals surface area (Å²) in [6, 6.07) is 7.36. The molecule has 2 aromatic rings. The van der Waals surface area contributed by atoms with Gasteiger partial charge >= 0.3 is 11.7 Å². The van der Waals surface area contributed by atoms with Crippen molar-refractivity contribution in [2.24, 2.45) is 0 Å². The van der Waals surface area contributed by atoms with Crippen LogP contribution in [-0.4, -0.2) is 15.3 Å². The summed E-state index contributed by atoms with van der Waals surface area (Å²) < 4.78 is 19.1. The van der Waals surface area contributed by atoms with Crippen LogP contribution >= 0.6 is 0 Å². The largest absolute Gasteiger partial charge is 0.433 e. The van der Waals surface area contributed by atoms with Crippen molar-refractivity contribution in [1.29, 1.82) is 0 Å². The Balaban J connectivity index is 2.21. The maximum Gasteiger partial charge on any atom is 0.363 e. The van der Waals surface area contributed by atoms with Gasteiger partial charge in [-0.1, -0.05) is 27.5 Å². The van der Waals surface area contributed by atoms with Crippen LogP contribution in [0.25, 0.3) is 0 Å². The van der Waals surface area contributed by atoms with Crippen molar-refractivity contribution in [1.82, 2.24) is 9.36 Å². The fraction of sp³-hybridized carbons (Fsp3) is 0.0833. The number of esters is 1. The molecule has 0 saturated carbocycles. The summed E-state index contributed by atoms with van der Waals surface area (Å²) in [5.41, 5.74) is -1.50. The minimum atomic E-state index is -1.19. The molecule has 0 N–H and O–H groups in total. The minimum absolute atomic E-state index is 0.316. The van der Waals surface area contributed by atoms with Crippen LogP contribution < -0.4 is 11.2 Å². The fourth-order valence-corrected chi connectivity index (χ4v) is 1.98. The number of carbonyl (C=O) groups excluding carboxylic acids is 1. The Morgan fingerprint density at radius 2 is 1.84 bits per heavy atom. The fourth-order valence-electron chi connectivity index (χ4n) is 1.98. The van der Waals surface area contributed by atoms with Crippen LogP contribution in [0.15, 0.2) is 46.1 Å². The molecule has 2 heterocycles. The van der Waals surface area contributed by atoms with Gasteiger partial charge in [-0.25, -0.2) is 9.59 Å². The topological polar surface area (TPSA) is 70.3 Å². The van der Waals surface area contributed by atoms with E-state index >= 15 is 0 Å². The Labute approximate surface area is 105 Å². The molecule has 1 aromatic heterocycles. The quantitative estimate of drug-likeness (QED) is 0.700. The molecule has 1 aromatic carbocycles. The van der Waals surface area contributed by atoms with E-state index in [1.807, 2.05) is 0 Å². The number of halogens is 1. The average molecular weight is 262 g/mol. The van der Waals surface area contributed by atoms with Gasteiger partial charge in [0, 0.05) is 17.8 Å². The van der Waals surface area contributed by atoms with Crippen LogP contribution in [-0.2, 0) is 4.74 Å². The van der Waals surface area contributed by atoms with Crippen molar-refractivity contribution in [2.75, 3.05) is 0 Å². The second kappa shape index (κ2) is 3.91. The number of benzene rings is 1. The first-order valence-electron chi connectivity index (χ1n) is 5.40. The van der Waals surface area contributed by atoms with Crippen molar-refractivity contribution < 1.29 is 14.0 Å². The third-order valence-electron chi connectivity index (χ3n) is 2.88. The van der Waals surface area contributed by atoms with Gasteiger partial charge in [-0.15, -0.1) is 0 Å². The third-order valence-corrected chi connectivity index (χ3v) is 2.88. The van der Waals surface area contributed by atoms with E-state index in [0.29, 0.717) is 11.1 Å². The van der Waals surface area contributed by atoms with Crippen LogP contribution in [0.2, 0.25) is 0 Å². The summed E-state index contributed by atoms with van der Waals surface area (Å²) in [4.78, 5) is 33.7. The first-order chi connectivity index (χ1) is 9.09. The van der Waals surface area contributed by atoms with Gasteiger partial charge in [0.2, 0.25) is 6.23 Å². The molecule has 0 radical (unpaired) electrons. The molecule has 96 valence electrons. The van der Waals surface area contributed by atoms with Crippen LogP contribution in [0.5, 0.6) is 0 Å². The van der Waals surface area contributed by atoms with E-state index in [1.54, 1.807) is 24.3 Å². The second-order valence-electron chi connectivity index (χ2n) is 3.97. The highest BCUT2D eigenvalue weighted by molar-refractivity contribution is 5.93. The lowest BCUT2D eigenvalue weighted by Gasteiger charge is -2.13. The zero-order valence-corrected chi connectivity index (χ0v) is 9.45. The Morgan fingerprint density at radius 3 is 2.63 bits per heavy atom. The molecule has 0 bridgehead atoms. The Kier molecular flexibility index (Phi) is 2.34. The third kappa shape index (κ3) is 1.59. The van der Waals surface area contributed by atoms with Crippen LogP contribution in [0, 0.1) is 0 Å². The lowest BCUT2D eigenvalue weighted by Crippen LogP contribution is -2.37. The molecule has 3 rings (SSSR count). The predicted molar refractivity (Wildman–Crippen MR) is 61.5 cm³/mol. The van der Waals surface area contributed by atoms with Crippen LogP contribution in [0.4, 0.5) is 4.48 Å². The Morgan fingerprint density at radius 1 is 1.11 bits per heavy atom. The summed E-state index contributed by atoms with van der Waals surface area (Å²) in [6.07, 6.45) is 0.0413. The number of nitrogens with zero attached hydrogens (tertiary/aromatic N) is 2. The van der Waals surface area contributed by atoms with E-state index in [1.165, 1.54) is 0 Å². The molecule has 0 fully saturated rings. The molecule has 1 aliphatic heterocycles. The van der Waals surface area contributed by atoms with E-state index in [2.05, 4.69) is 0 Å². The highest BCUT2D eigenvalue weighted by Gasteiger charge is 2.32. The molecule has 0 spiro atoms. The van der Waals surface area contributed by atoms with E-state index in [4.69, 9.17) is 4.74 Å². The molecular formula is C12H7FN2O4. The van der Waals surface area contributed by atoms with Gasteiger partial charge in [0.1, 0.15) is 0 Å². The SMILES string of the molecule is O=C1O[C@H](n2ccc(=O)n(F)c2=O)c2ccccc21. The molecule has 0 saturated heterocycles. The molecule has 7 heteroatoms. The zero-order chi connectivity index (χ0) is 13.6. The average Bonchev–Trinajstić information content (AvgIpc) is 2.74. The number of aromatic nitrogens is 2. The van der Waals surface area contributed by atoms with Crippen molar-refractivity contribution in [3.05, 3.63) is 68.5 Å². The first kappa shape index (κ1) is 11.4. The summed E-state index contributed by atoms with van der Waals surface area (Å²) in [5, 5.41) is 0. The van der Waals surface area contributed by atoms with E-state index in [0.717, 1.165) is 16.8 Å². The van der Waals surface area contributed by atoms with Gasteiger partial charge in [0.15, 0.2) is 0 Å². The minimum Gasteiger partial charge on any atom is -0.433 e. The van der Waals surface area contributed by atoms with Gasteiger partial charge in [-0.2, -0.15) is 0 Å². The number of ether oxygens (including phenoxy) is 1. The maximum absolute atomic E-state index is 13.2. The Bertz CT molecular complexity index is 793. The lowest BCUT2D eigenvalue weighted by molar-refractivity contribution is 0.0298. The summed E-state index contributed by atoms with van der Waals surface area (Å²) >= 11 is 0. The van der Waals surface area contributed by atoms with Gasteiger partial charge in [0.05, 0.1) is 5.56 Å². The molecule has 1 aliphatic rings. The van der Waals surface area contributed by atoms with Crippen LogP contribution in [0.3, 0.4) is 0 Å². The van der Waals surface area contributed by atoms with E-state index in [9.17, 15) is 18.9 Å². The molecule has 0 unspecified atom stereocenters. The summed E-state index contributed by atoms with van der Waals surface area (Å²) in [5.74, 6) is -0.593. The van der Waals surface area contributed by atoms with Gasteiger partial charge in [-0.3, -0.25) is 9.36 Å². The smallest absolute Gasteiger partial charge is 0.363 e. The molecule has 19 heavy (non-hydrogen) atoms. The number of rotatable bonds is 1. The number of cyclic esters (lactones) is 1. The summed E-state index contributed by atoms with van der Waals surface area (Å²) in [6.45, 7) is 0. The molecule has 6 nitrogen and oxygen atoms in total. The Hall–Kier alpha value is -2.70. The van der Waals surface area contributed by atoms with Crippen molar-refractivity contribution in [3.63, 3.8) is 0 Å². The molecule has 0 aliphatic carbocycles. The lowest BCUT2D eigenvalue weighted by atomic mass is 10.1. The normalized spacial score (nSPS) is 17.1. The second-order valence-corrected chi connectivity index (χ2v) is 3.97. The maximum atomic E-state index is 13.2. The highest BCUT2D eigenvalue weighted by Crippen LogP contribution is 2.30. The van der Waals surface area contributed by atoms with Gasteiger partial charge in [-0.05, 0) is 6.07 Å². The highest BCUT2D eigenvalue weighted by atomic mass is 19.2. The van der Waals surface area contributed by atoms with E-state index in [-0.39, 0.29) is 0 Å². The van der Waals surface area contributed by atoms with Crippen molar-refractivity contribution in [2.45, 2.75) is 6.23 Å².